The molecule has 3 heterocycles. The van der Waals surface area contributed by atoms with E-state index in [1.165, 1.54) is 11.2 Å². The Hall–Kier alpha value is -1.23. The first kappa shape index (κ1) is 20.5. The minimum absolute atomic E-state index is 0.0574. The molecule has 2 saturated heterocycles. The fourth-order valence-electron chi connectivity index (χ4n) is 3.55. The van der Waals surface area contributed by atoms with Gasteiger partial charge in [0.1, 0.15) is 10.6 Å². The summed E-state index contributed by atoms with van der Waals surface area (Å²) in [5.41, 5.74) is -1.03. The summed E-state index contributed by atoms with van der Waals surface area (Å²) in [6, 6.07) is 0.786. The highest BCUT2D eigenvalue weighted by Gasteiger charge is 2.35. The fraction of sp³-hybridized carbons (Fsp3) is 0.706. The zero-order chi connectivity index (χ0) is 19.7. The van der Waals surface area contributed by atoms with E-state index in [-0.39, 0.29) is 10.5 Å². The monoisotopic (exact) mass is 407 g/mol. The van der Waals surface area contributed by atoms with Gasteiger partial charge in [-0.2, -0.15) is 17.5 Å². The molecule has 0 aliphatic carbocycles. The minimum Gasteiger partial charge on any atom is -0.381 e. The normalized spacial score (nSPS) is 21.5. The number of hydrogen-bond acceptors (Lipinski definition) is 5. The lowest BCUT2D eigenvalue weighted by Gasteiger charge is -2.36. The zero-order valence-corrected chi connectivity index (χ0v) is 16.0. The first-order valence-corrected chi connectivity index (χ1v) is 10.5. The molecule has 27 heavy (non-hydrogen) atoms. The predicted molar refractivity (Wildman–Crippen MR) is 92.7 cm³/mol. The van der Waals surface area contributed by atoms with Crippen LogP contribution in [0.2, 0.25) is 0 Å². The van der Waals surface area contributed by atoms with Crippen LogP contribution in [0.5, 0.6) is 0 Å². The summed E-state index contributed by atoms with van der Waals surface area (Å²) in [6.45, 7) is 5.73. The average Bonchev–Trinajstić information content (AvgIpc) is 2.62. The number of alkyl halides is 3. The number of aryl methyl sites for hydroxylation is 1. The summed E-state index contributed by atoms with van der Waals surface area (Å²) in [5, 5.41) is 0. The highest BCUT2D eigenvalue weighted by atomic mass is 32.2. The van der Waals surface area contributed by atoms with Gasteiger partial charge in [0, 0.05) is 52.1 Å². The van der Waals surface area contributed by atoms with E-state index in [2.05, 4.69) is 9.88 Å². The van der Waals surface area contributed by atoms with Crippen molar-refractivity contribution in [1.82, 2.24) is 14.2 Å². The molecule has 0 atom stereocenters. The van der Waals surface area contributed by atoms with Gasteiger partial charge in [0.2, 0.25) is 10.0 Å². The van der Waals surface area contributed by atoms with Gasteiger partial charge in [-0.1, -0.05) is 0 Å². The Balaban J connectivity index is 1.64. The van der Waals surface area contributed by atoms with Crippen LogP contribution in [0.1, 0.15) is 24.1 Å². The van der Waals surface area contributed by atoms with E-state index >= 15 is 0 Å². The lowest BCUT2D eigenvalue weighted by Crippen LogP contribution is -2.50. The van der Waals surface area contributed by atoms with Crippen LogP contribution in [0.25, 0.3) is 0 Å². The quantitative estimate of drug-likeness (QED) is 0.765. The number of halogens is 3. The van der Waals surface area contributed by atoms with Crippen LogP contribution in [0, 0.1) is 12.8 Å². The van der Waals surface area contributed by atoms with E-state index in [1.54, 1.807) is 0 Å². The van der Waals surface area contributed by atoms with Crippen LogP contribution in [-0.2, 0) is 20.9 Å². The second-order valence-corrected chi connectivity index (χ2v) is 9.00. The van der Waals surface area contributed by atoms with Crippen LogP contribution in [0.15, 0.2) is 17.2 Å². The van der Waals surface area contributed by atoms with E-state index in [0.29, 0.717) is 32.1 Å². The summed E-state index contributed by atoms with van der Waals surface area (Å²) in [7, 11) is -3.85. The molecule has 0 unspecified atom stereocenters. The van der Waals surface area contributed by atoms with E-state index in [1.807, 2.05) is 0 Å². The molecule has 0 bridgehead atoms. The lowest BCUT2D eigenvalue weighted by molar-refractivity contribution is -0.141. The van der Waals surface area contributed by atoms with Crippen LogP contribution in [0.3, 0.4) is 0 Å². The van der Waals surface area contributed by atoms with Crippen LogP contribution < -0.4 is 0 Å². The Labute approximate surface area is 157 Å². The molecule has 2 aliphatic rings. The number of rotatable bonds is 4. The molecule has 10 heteroatoms. The summed E-state index contributed by atoms with van der Waals surface area (Å²) < 4.78 is 70.6. The van der Waals surface area contributed by atoms with Gasteiger partial charge in [-0.15, -0.1) is 0 Å². The Bertz CT molecular complexity index is 756. The number of aromatic nitrogens is 1. The smallest absolute Gasteiger partial charge is 0.381 e. The van der Waals surface area contributed by atoms with Crippen molar-refractivity contribution in [3.63, 3.8) is 0 Å². The van der Waals surface area contributed by atoms with Gasteiger partial charge in [-0.25, -0.2) is 8.42 Å². The second kappa shape index (κ2) is 8.02. The molecule has 2 aliphatic heterocycles. The molecule has 1 aromatic heterocycles. The number of pyridine rings is 1. The molecule has 1 aromatic rings. The Morgan fingerprint density at radius 2 is 1.81 bits per heavy atom. The third-order valence-corrected chi connectivity index (χ3v) is 7.19. The first-order valence-electron chi connectivity index (χ1n) is 9.02. The average molecular weight is 407 g/mol. The van der Waals surface area contributed by atoms with E-state index < -0.39 is 21.9 Å². The van der Waals surface area contributed by atoms with Gasteiger partial charge in [0.25, 0.3) is 0 Å². The number of sulfonamides is 1. The van der Waals surface area contributed by atoms with Gasteiger partial charge >= 0.3 is 6.18 Å². The Morgan fingerprint density at radius 1 is 1.19 bits per heavy atom. The standard InChI is InChI=1S/C17H24F3N3O3S/c1-13-10-16(17(18,19)20)21-11-15(13)27(24,25)23-6-4-22(5-7-23)12-14-2-8-26-9-3-14/h10-11,14H,2-9,12H2,1H3. The maximum atomic E-state index is 12.8. The number of nitrogens with zero attached hydrogens (tertiary/aromatic N) is 3. The minimum atomic E-state index is -4.59. The van der Waals surface area contributed by atoms with Gasteiger partial charge in [0.05, 0.1) is 0 Å². The van der Waals surface area contributed by atoms with Crippen molar-refractivity contribution in [2.75, 3.05) is 45.9 Å². The first-order chi connectivity index (χ1) is 12.7. The summed E-state index contributed by atoms with van der Waals surface area (Å²) in [6.07, 6.45) is -1.73. The van der Waals surface area contributed by atoms with Crippen LogP contribution in [-0.4, -0.2) is 68.5 Å². The maximum absolute atomic E-state index is 12.8. The lowest BCUT2D eigenvalue weighted by atomic mass is 9.99. The highest BCUT2D eigenvalue weighted by Crippen LogP contribution is 2.30. The number of ether oxygens (including phenoxy) is 1. The zero-order valence-electron chi connectivity index (χ0n) is 15.2. The van der Waals surface area contributed by atoms with Crippen molar-refractivity contribution in [1.29, 1.82) is 0 Å². The van der Waals surface area contributed by atoms with Crippen molar-refractivity contribution in [3.8, 4) is 0 Å². The van der Waals surface area contributed by atoms with Crippen LogP contribution in [0.4, 0.5) is 13.2 Å². The van der Waals surface area contributed by atoms with Gasteiger partial charge < -0.3 is 9.64 Å². The van der Waals surface area contributed by atoms with Crippen molar-refractivity contribution in [3.05, 3.63) is 23.5 Å². The van der Waals surface area contributed by atoms with Gasteiger partial charge in [-0.3, -0.25) is 4.98 Å². The SMILES string of the molecule is Cc1cc(C(F)(F)F)ncc1S(=O)(=O)N1CCN(CC2CCOCC2)CC1. The fourth-order valence-corrected chi connectivity index (χ4v) is 5.13. The molecule has 152 valence electrons. The van der Waals surface area contributed by atoms with Crippen molar-refractivity contribution in [2.45, 2.75) is 30.8 Å². The van der Waals surface area contributed by atoms with E-state index in [4.69, 9.17) is 4.74 Å². The maximum Gasteiger partial charge on any atom is 0.433 e. The topological polar surface area (TPSA) is 62.7 Å². The molecule has 0 radical (unpaired) electrons. The summed E-state index contributed by atoms with van der Waals surface area (Å²) in [5.74, 6) is 0.572. The molecule has 0 spiro atoms. The second-order valence-electron chi connectivity index (χ2n) is 7.09. The van der Waals surface area contributed by atoms with Gasteiger partial charge in [0.15, 0.2) is 0 Å². The van der Waals surface area contributed by atoms with Gasteiger partial charge in [-0.05, 0) is 37.3 Å². The number of hydrogen-bond donors (Lipinski definition) is 0. The largest absolute Gasteiger partial charge is 0.433 e. The Morgan fingerprint density at radius 3 is 2.37 bits per heavy atom. The summed E-state index contributed by atoms with van der Waals surface area (Å²) in [4.78, 5) is 5.40. The molecule has 2 fully saturated rings. The highest BCUT2D eigenvalue weighted by molar-refractivity contribution is 7.89. The molecular weight excluding hydrogens is 383 g/mol. The van der Waals surface area contributed by atoms with E-state index in [9.17, 15) is 21.6 Å². The molecule has 0 N–H and O–H groups in total. The molecule has 0 amide bonds. The summed E-state index contributed by atoms with van der Waals surface area (Å²) >= 11 is 0. The van der Waals surface area contributed by atoms with Crippen LogP contribution >= 0.6 is 0 Å². The van der Waals surface area contributed by atoms with E-state index in [0.717, 1.165) is 44.9 Å². The molecule has 6 nitrogen and oxygen atoms in total. The number of piperazine rings is 1. The molecule has 0 aromatic carbocycles. The predicted octanol–water partition coefficient (Wildman–Crippen LogP) is 2.14. The third kappa shape index (κ3) is 4.79. The molecule has 3 rings (SSSR count). The molecular formula is C17H24F3N3O3S. The van der Waals surface area contributed by atoms with Crippen molar-refractivity contribution >= 4 is 10.0 Å². The van der Waals surface area contributed by atoms with Crippen molar-refractivity contribution < 1.29 is 26.3 Å². The third-order valence-electron chi connectivity index (χ3n) is 5.16. The Kier molecular flexibility index (Phi) is 6.09. The molecule has 0 saturated carbocycles. The van der Waals surface area contributed by atoms with Crippen molar-refractivity contribution in [2.24, 2.45) is 5.92 Å².